The van der Waals surface area contributed by atoms with E-state index in [2.05, 4.69) is 42.3 Å². The van der Waals surface area contributed by atoms with Crippen LogP contribution in [-0.4, -0.2) is 80.7 Å². The van der Waals surface area contributed by atoms with Gasteiger partial charge in [0.2, 0.25) is 6.41 Å². The number of carbonyl (C=O) groups is 1. The number of amides is 1. The lowest BCUT2D eigenvalue weighted by atomic mass is 10.1. The Balaban J connectivity index is 0. The van der Waals surface area contributed by atoms with Crippen molar-refractivity contribution in [3.63, 3.8) is 0 Å². The van der Waals surface area contributed by atoms with E-state index in [0.29, 0.717) is 0 Å². The van der Waals surface area contributed by atoms with E-state index in [1.807, 2.05) is 17.8 Å². The van der Waals surface area contributed by atoms with Gasteiger partial charge in [-0.1, -0.05) is 0 Å². The number of amidine groups is 1. The van der Waals surface area contributed by atoms with Gasteiger partial charge in [-0.2, -0.15) is 0 Å². The molecule has 0 radical (unpaired) electrons. The zero-order valence-corrected chi connectivity index (χ0v) is 17.4. The standard InChI is InChI=1S/C12H23N3O.C3H6OS.C2H6O/c1-7-15(12(2,3)4)11(13-5)8-9-14(6)10-16;1-2-5-3-4-1;1-3-2/h8-10H,7H2,1-6H3;1-3H2;1-2H3/b9-8-,13-11?;;. The van der Waals surface area contributed by atoms with Gasteiger partial charge in [-0.3, -0.25) is 9.79 Å². The minimum absolute atomic E-state index is 0.0215. The fraction of sp³-hybridized carbons (Fsp3) is 0.765. The second-order valence-electron chi connectivity index (χ2n) is 5.93. The van der Waals surface area contributed by atoms with Gasteiger partial charge < -0.3 is 19.3 Å². The minimum atomic E-state index is 0.0215. The molecule has 24 heavy (non-hydrogen) atoms. The molecule has 1 aliphatic rings. The van der Waals surface area contributed by atoms with E-state index < -0.39 is 0 Å². The van der Waals surface area contributed by atoms with Crippen molar-refractivity contribution in [3.8, 4) is 0 Å². The Morgan fingerprint density at radius 3 is 2.21 bits per heavy atom. The number of thioether (sulfide) groups is 1. The normalized spacial score (nSPS) is 14.4. The first-order valence-corrected chi connectivity index (χ1v) is 9.09. The zero-order chi connectivity index (χ0) is 19.0. The van der Waals surface area contributed by atoms with Crippen LogP contribution >= 0.6 is 11.8 Å². The van der Waals surface area contributed by atoms with Crippen LogP contribution in [-0.2, 0) is 14.3 Å². The van der Waals surface area contributed by atoms with Crippen molar-refractivity contribution in [3.05, 3.63) is 12.3 Å². The van der Waals surface area contributed by atoms with Crippen LogP contribution in [0.5, 0.6) is 0 Å². The highest BCUT2D eigenvalue weighted by Gasteiger charge is 2.21. The molecule has 0 N–H and O–H groups in total. The molecule has 0 aromatic rings. The lowest BCUT2D eigenvalue weighted by Crippen LogP contribution is -2.44. The number of rotatable bonds is 4. The average Bonchev–Trinajstić information content (AvgIpc) is 3.10. The number of methoxy groups -OCH3 is 1. The zero-order valence-electron chi connectivity index (χ0n) is 16.5. The third kappa shape index (κ3) is 13.4. The van der Waals surface area contributed by atoms with Crippen LogP contribution in [0.4, 0.5) is 0 Å². The molecular weight excluding hydrogens is 326 g/mol. The van der Waals surface area contributed by atoms with Crippen molar-refractivity contribution in [1.29, 1.82) is 0 Å². The Hall–Kier alpha value is -1.05. The van der Waals surface area contributed by atoms with Gasteiger partial charge in [-0.25, -0.2) is 0 Å². The smallest absolute Gasteiger partial charge is 0.213 e. The molecule has 1 saturated heterocycles. The molecule has 1 amide bonds. The fourth-order valence-corrected chi connectivity index (χ4v) is 2.37. The highest BCUT2D eigenvalue weighted by Crippen LogP contribution is 2.14. The number of hydrogen-bond donors (Lipinski definition) is 0. The second-order valence-corrected chi connectivity index (χ2v) is 6.98. The summed E-state index contributed by atoms with van der Waals surface area (Å²) in [4.78, 5) is 18.4. The number of ether oxygens (including phenoxy) is 2. The number of nitrogens with zero attached hydrogens (tertiary/aromatic N) is 3. The van der Waals surface area contributed by atoms with Crippen molar-refractivity contribution < 1.29 is 14.3 Å². The summed E-state index contributed by atoms with van der Waals surface area (Å²) in [5.74, 6) is 2.99. The molecule has 0 aromatic heterocycles. The van der Waals surface area contributed by atoms with E-state index in [1.165, 1.54) is 10.7 Å². The van der Waals surface area contributed by atoms with Crippen LogP contribution in [0.15, 0.2) is 17.3 Å². The van der Waals surface area contributed by atoms with Crippen molar-refractivity contribution in [1.82, 2.24) is 9.80 Å². The second kappa shape index (κ2) is 15.5. The highest BCUT2D eigenvalue weighted by atomic mass is 32.2. The summed E-state index contributed by atoms with van der Waals surface area (Å²) in [6.07, 6.45) is 4.32. The molecule has 0 aliphatic carbocycles. The number of carbonyl (C=O) groups excluding carboxylic acids is 1. The quantitative estimate of drug-likeness (QED) is 0.438. The first-order chi connectivity index (χ1) is 11.3. The average molecular weight is 362 g/mol. The maximum Gasteiger partial charge on any atom is 0.213 e. The fourth-order valence-electron chi connectivity index (χ4n) is 1.78. The lowest BCUT2D eigenvalue weighted by molar-refractivity contribution is -0.114. The van der Waals surface area contributed by atoms with Crippen molar-refractivity contribution in [2.24, 2.45) is 4.99 Å². The summed E-state index contributed by atoms with van der Waals surface area (Å²) in [7, 11) is 6.71. The van der Waals surface area contributed by atoms with E-state index in [4.69, 9.17) is 4.74 Å². The molecule has 0 bridgehead atoms. The summed E-state index contributed by atoms with van der Waals surface area (Å²) in [6, 6.07) is 0. The predicted octanol–water partition coefficient (Wildman–Crippen LogP) is 2.71. The SMILES string of the molecule is C1CSCO1.CCN(C(/C=C\N(C)C=O)=NC)C(C)(C)C.COC. The van der Waals surface area contributed by atoms with Crippen molar-refractivity contribution in [2.45, 2.75) is 33.2 Å². The Morgan fingerprint density at radius 1 is 1.38 bits per heavy atom. The molecule has 1 aliphatic heterocycles. The predicted molar refractivity (Wildman–Crippen MR) is 105 cm³/mol. The molecule has 0 atom stereocenters. The molecule has 0 unspecified atom stereocenters. The van der Waals surface area contributed by atoms with Gasteiger partial charge in [0.15, 0.2) is 0 Å². The van der Waals surface area contributed by atoms with E-state index in [1.54, 1.807) is 34.5 Å². The van der Waals surface area contributed by atoms with E-state index in [0.717, 1.165) is 31.3 Å². The van der Waals surface area contributed by atoms with Gasteiger partial charge in [0.25, 0.3) is 0 Å². The molecular formula is C17H35N3O3S. The van der Waals surface area contributed by atoms with Gasteiger partial charge in [-0.05, 0) is 33.8 Å². The molecule has 142 valence electrons. The minimum Gasteiger partial charge on any atom is -0.388 e. The van der Waals surface area contributed by atoms with Crippen LogP contribution in [0.1, 0.15) is 27.7 Å². The van der Waals surface area contributed by atoms with Crippen LogP contribution in [0.25, 0.3) is 0 Å². The summed E-state index contributed by atoms with van der Waals surface area (Å²) in [5, 5.41) is 0. The van der Waals surface area contributed by atoms with Gasteiger partial charge in [0.1, 0.15) is 5.84 Å². The molecule has 1 fully saturated rings. The molecule has 1 rings (SSSR count). The van der Waals surface area contributed by atoms with E-state index in [-0.39, 0.29) is 5.54 Å². The Labute approximate surface area is 152 Å². The summed E-state index contributed by atoms with van der Waals surface area (Å²) in [5.41, 5.74) is 0.0215. The largest absolute Gasteiger partial charge is 0.388 e. The van der Waals surface area contributed by atoms with Crippen LogP contribution in [0, 0.1) is 0 Å². The molecule has 6 nitrogen and oxygen atoms in total. The molecule has 1 heterocycles. The first-order valence-electron chi connectivity index (χ1n) is 7.93. The Bertz CT molecular complexity index is 357. The van der Waals surface area contributed by atoms with Crippen molar-refractivity contribution >= 4 is 24.0 Å². The monoisotopic (exact) mass is 361 g/mol. The van der Waals surface area contributed by atoms with E-state index >= 15 is 0 Å². The molecule has 0 saturated carbocycles. The maximum absolute atomic E-state index is 10.5. The first kappa shape index (κ1) is 25.2. The maximum atomic E-state index is 10.5. The van der Waals surface area contributed by atoms with Gasteiger partial charge in [-0.15, -0.1) is 11.8 Å². The third-order valence-corrected chi connectivity index (χ3v) is 3.58. The summed E-state index contributed by atoms with van der Waals surface area (Å²) >= 11 is 1.85. The number of hydrogen-bond acceptors (Lipinski definition) is 5. The van der Waals surface area contributed by atoms with Gasteiger partial charge >= 0.3 is 0 Å². The Morgan fingerprint density at radius 2 is 1.96 bits per heavy atom. The lowest BCUT2D eigenvalue weighted by Gasteiger charge is -2.36. The van der Waals surface area contributed by atoms with Crippen LogP contribution in [0.3, 0.4) is 0 Å². The third-order valence-electron chi connectivity index (χ3n) is 2.80. The van der Waals surface area contributed by atoms with Gasteiger partial charge in [0.05, 0.1) is 12.5 Å². The van der Waals surface area contributed by atoms with Crippen LogP contribution < -0.4 is 0 Å². The summed E-state index contributed by atoms with van der Waals surface area (Å²) in [6.45, 7) is 10.3. The number of aliphatic imine (C=N–C) groups is 1. The van der Waals surface area contributed by atoms with Gasteiger partial charge in [0, 0.05) is 52.4 Å². The Kier molecular flexibility index (Phi) is 16.2. The summed E-state index contributed by atoms with van der Waals surface area (Å²) < 4.78 is 9.16. The molecule has 0 aromatic carbocycles. The topological polar surface area (TPSA) is 54.4 Å². The van der Waals surface area contributed by atoms with Crippen LogP contribution in [0.2, 0.25) is 0 Å². The van der Waals surface area contributed by atoms with Crippen molar-refractivity contribution in [2.75, 3.05) is 53.2 Å². The van der Waals surface area contributed by atoms with E-state index in [9.17, 15) is 4.79 Å². The highest BCUT2D eigenvalue weighted by molar-refractivity contribution is 7.99. The molecule has 7 heteroatoms. The molecule has 0 spiro atoms. The number of likely N-dealkylation sites (N-methyl/N-ethyl adjacent to an activating group) is 1.